The van der Waals surface area contributed by atoms with Crippen molar-refractivity contribution in [3.05, 3.63) is 89.5 Å². The molecule has 0 aliphatic rings. The van der Waals surface area contributed by atoms with Crippen LogP contribution in [0, 0.1) is 0 Å². The van der Waals surface area contributed by atoms with Crippen molar-refractivity contribution in [2.75, 3.05) is 0 Å². The highest BCUT2D eigenvalue weighted by molar-refractivity contribution is 6.32. The minimum absolute atomic E-state index is 0.698. The van der Waals surface area contributed by atoms with Crippen LogP contribution >= 0.6 is 11.6 Å². The van der Waals surface area contributed by atoms with Gasteiger partial charge in [0.2, 0.25) is 0 Å². The van der Waals surface area contributed by atoms with Crippen molar-refractivity contribution in [1.29, 1.82) is 0 Å². The topological polar surface area (TPSA) is 12.0 Å². The summed E-state index contributed by atoms with van der Waals surface area (Å²) in [7, 11) is 0. The number of halogens is 1. The van der Waals surface area contributed by atoms with Crippen LogP contribution < -0.4 is 5.32 Å². The maximum Gasteiger partial charge on any atom is 0.0487 e. The lowest BCUT2D eigenvalue weighted by Crippen LogP contribution is -2.12. The molecule has 1 N–H and O–H groups in total. The second-order valence-electron chi connectivity index (χ2n) is 5.75. The first-order valence-corrected chi connectivity index (χ1v) is 7.90. The predicted octanol–water partition coefficient (Wildman–Crippen LogP) is 6.17. The third-order valence-electron chi connectivity index (χ3n) is 3.72. The first-order chi connectivity index (χ1) is 10.9. The van der Waals surface area contributed by atoms with E-state index in [1.165, 1.54) is 5.56 Å². The Morgan fingerprint density at radius 2 is 1.61 bits per heavy atom. The molecule has 2 aromatic rings. The number of rotatable bonds is 6. The number of nitrogens with one attached hydrogen (secondary N) is 1. The lowest BCUT2D eigenvalue weighted by atomic mass is 9.99. The van der Waals surface area contributed by atoms with Gasteiger partial charge < -0.3 is 5.32 Å². The van der Waals surface area contributed by atoms with Gasteiger partial charge >= 0.3 is 0 Å². The van der Waals surface area contributed by atoms with Gasteiger partial charge in [0.25, 0.3) is 0 Å². The van der Waals surface area contributed by atoms with Crippen LogP contribution in [0.5, 0.6) is 0 Å². The monoisotopic (exact) mass is 323 g/mol. The molecule has 118 valence electrons. The molecule has 0 aliphatic carbocycles. The zero-order valence-electron chi connectivity index (χ0n) is 13.7. The van der Waals surface area contributed by atoms with Gasteiger partial charge in [-0.15, -0.1) is 0 Å². The number of hydrogen-bond acceptors (Lipinski definition) is 1. The molecule has 0 aliphatic heterocycles. The zero-order chi connectivity index (χ0) is 17.0. The molecule has 0 aromatic heterocycles. The first kappa shape index (κ1) is 17.1. The standard InChI is InChI=1S/C21H22ClN/c1-14(2)18-11-9-17(10-12-18)13-23-16(5)19-7-6-8-20(22)21(19)15(3)4/h6-12,23H,1,3,5,13H2,2,4H3. The molecular weight excluding hydrogens is 302 g/mol. The highest BCUT2D eigenvalue weighted by Crippen LogP contribution is 2.29. The molecule has 0 saturated heterocycles. The van der Waals surface area contributed by atoms with Crippen molar-refractivity contribution in [1.82, 2.24) is 5.32 Å². The van der Waals surface area contributed by atoms with Crippen LogP contribution in [0.4, 0.5) is 0 Å². The van der Waals surface area contributed by atoms with Gasteiger partial charge in [0.15, 0.2) is 0 Å². The first-order valence-electron chi connectivity index (χ1n) is 7.52. The van der Waals surface area contributed by atoms with Gasteiger partial charge in [0.05, 0.1) is 0 Å². The van der Waals surface area contributed by atoms with E-state index in [0.29, 0.717) is 11.6 Å². The minimum atomic E-state index is 0.698. The summed E-state index contributed by atoms with van der Waals surface area (Å²) in [6.45, 7) is 16.8. The van der Waals surface area contributed by atoms with E-state index in [1.54, 1.807) is 0 Å². The van der Waals surface area contributed by atoms with Crippen molar-refractivity contribution in [2.24, 2.45) is 0 Å². The highest BCUT2D eigenvalue weighted by Gasteiger charge is 2.10. The molecule has 0 unspecified atom stereocenters. The van der Waals surface area contributed by atoms with Crippen molar-refractivity contribution < 1.29 is 0 Å². The van der Waals surface area contributed by atoms with Crippen LogP contribution in [0.3, 0.4) is 0 Å². The van der Waals surface area contributed by atoms with Crippen LogP contribution in [0.15, 0.2) is 62.2 Å². The summed E-state index contributed by atoms with van der Waals surface area (Å²) >= 11 is 6.29. The summed E-state index contributed by atoms with van der Waals surface area (Å²) in [5.41, 5.74) is 7.13. The summed E-state index contributed by atoms with van der Waals surface area (Å²) in [5, 5.41) is 4.07. The predicted molar refractivity (Wildman–Crippen MR) is 103 cm³/mol. The van der Waals surface area contributed by atoms with Crippen LogP contribution in [-0.4, -0.2) is 0 Å². The minimum Gasteiger partial charge on any atom is -0.381 e. The fourth-order valence-corrected chi connectivity index (χ4v) is 2.76. The molecule has 2 rings (SSSR count). The van der Waals surface area contributed by atoms with E-state index in [2.05, 4.69) is 49.3 Å². The Morgan fingerprint density at radius 3 is 2.17 bits per heavy atom. The normalized spacial score (nSPS) is 10.2. The largest absolute Gasteiger partial charge is 0.381 e. The number of benzene rings is 2. The molecule has 23 heavy (non-hydrogen) atoms. The molecule has 2 aromatic carbocycles. The SMILES string of the molecule is C=C(C)c1ccc(CNC(=C)c2cccc(Cl)c2C(=C)C)cc1. The van der Waals surface area contributed by atoms with Gasteiger partial charge in [-0.1, -0.05) is 73.3 Å². The van der Waals surface area contributed by atoms with Crippen molar-refractivity contribution in [3.8, 4) is 0 Å². The van der Waals surface area contributed by atoms with Crippen molar-refractivity contribution in [2.45, 2.75) is 20.4 Å². The molecule has 0 saturated carbocycles. The molecule has 0 fully saturated rings. The van der Waals surface area contributed by atoms with Crippen LogP contribution in [-0.2, 0) is 6.54 Å². The molecule has 0 bridgehead atoms. The molecule has 1 nitrogen and oxygen atoms in total. The van der Waals surface area contributed by atoms with Gasteiger partial charge in [-0.2, -0.15) is 0 Å². The van der Waals surface area contributed by atoms with E-state index in [9.17, 15) is 0 Å². The molecule has 0 heterocycles. The fraction of sp³-hybridized carbons (Fsp3) is 0.143. The Bertz CT molecular complexity index is 754. The summed E-state index contributed by atoms with van der Waals surface area (Å²) in [6.07, 6.45) is 0. The van der Waals surface area contributed by atoms with Gasteiger partial charge in [-0.3, -0.25) is 0 Å². The molecule has 0 amide bonds. The fourth-order valence-electron chi connectivity index (χ4n) is 2.42. The Balaban J connectivity index is 2.13. The molecule has 0 spiro atoms. The Labute approximate surface area is 144 Å². The maximum absolute atomic E-state index is 6.29. The van der Waals surface area contributed by atoms with E-state index in [4.69, 9.17) is 11.6 Å². The van der Waals surface area contributed by atoms with Crippen molar-refractivity contribution in [3.63, 3.8) is 0 Å². The summed E-state index contributed by atoms with van der Waals surface area (Å²) in [6, 6.07) is 14.2. The van der Waals surface area contributed by atoms with Gasteiger partial charge in [-0.05, 0) is 36.6 Å². The Kier molecular flexibility index (Phi) is 5.46. The number of allylic oxidation sites excluding steroid dienone is 2. The third kappa shape index (κ3) is 4.14. The lowest BCUT2D eigenvalue weighted by Gasteiger charge is -2.15. The quantitative estimate of drug-likeness (QED) is 0.670. The zero-order valence-corrected chi connectivity index (χ0v) is 14.5. The van der Waals surface area contributed by atoms with Crippen molar-refractivity contribution >= 4 is 28.4 Å². The van der Waals surface area contributed by atoms with Gasteiger partial charge in [0.1, 0.15) is 0 Å². The summed E-state index contributed by atoms with van der Waals surface area (Å²) in [4.78, 5) is 0. The average molecular weight is 324 g/mol. The maximum atomic E-state index is 6.29. The average Bonchev–Trinajstić information content (AvgIpc) is 2.52. The molecule has 0 atom stereocenters. The molecule has 0 radical (unpaired) electrons. The molecule has 2 heteroatoms. The van der Waals surface area contributed by atoms with Crippen LogP contribution in [0.25, 0.3) is 16.8 Å². The summed E-state index contributed by atoms with van der Waals surface area (Å²) in [5.74, 6) is 0. The molecular formula is C21H22ClN. The number of hydrogen-bond donors (Lipinski definition) is 1. The second-order valence-corrected chi connectivity index (χ2v) is 6.16. The van der Waals surface area contributed by atoms with E-state index in [1.807, 2.05) is 32.0 Å². The highest BCUT2D eigenvalue weighted by atomic mass is 35.5. The smallest absolute Gasteiger partial charge is 0.0487 e. The lowest BCUT2D eigenvalue weighted by molar-refractivity contribution is 0.891. The van der Waals surface area contributed by atoms with Crippen LogP contribution in [0.2, 0.25) is 5.02 Å². The summed E-state index contributed by atoms with van der Waals surface area (Å²) < 4.78 is 0. The van der Waals surface area contributed by atoms with E-state index in [-0.39, 0.29) is 0 Å². The van der Waals surface area contributed by atoms with E-state index < -0.39 is 0 Å². The van der Waals surface area contributed by atoms with Gasteiger partial charge in [0, 0.05) is 28.4 Å². The van der Waals surface area contributed by atoms with Crippen LogP contribution in [0.1, 0.15) is 36.1 Å². The Hall–Kier alpha value is -2.25. The van der Waals surface area contributed by atoms with E-state index >= 15 is 0 Å². The second kappa shape index (κ2) is 7.34. The Morgan fingerprint density at radius 1 is 0.957 bits per heavy atom. The third-order valence-corrected chi connectivity index (χ3v) is 4.03. The van der Waals surface area contributed by atoms with Gasteiger partial charge in [-0.25, -0.2) is 0 Å². The van der Waals surface area contributed by atoms with E-state index in [0.717, 1.165) is 33.5 Å².